The summed E-state index contributed by atoms with van der Waals surface area (Å²) in [6, 6.07) is 7.11. The molecule has 3 rings (SSSR count). The molecule has 1 aromatic heterocycles. The Kier molecular flexibility index (Phi) is 12.5. The van der Waals surface area contributed by atoms with E-state index in [1.807, 2.05) is 45.3 Å². The number of carbonyl (C=O) groups excluding carboxylic acids is 2. The summed E-state index contributed by atoms with van der Waals surface area (Å²) in [5.74, 6) is -0.424. The second kappa shape index (κ2) is 15.6. The van der Waals surface area contributed by atoms with Gasteiger partial charge in [0.1, 0.15) is 12.3 Å². The van der Waals surface area contributed by atoms with Crippen LogP contribution in [0.5, 0.6) is 0 Å². The van der Waals surface area contributed by atoms with E-state index in [0.29, 0.717) is 45.9 Å². The van der Waals surface area contributed by atoms with Gasteiger partial charge in [0, 0.05) is 26.1 Å². The smallest absolute Gasteiger partial charge is 0.246 e. The molecule has 2 heterocycles. The van der Waals surface area contributed by atoms with Crippen molar-refractivity contribution in [3.63, 3.8) is 0 Å². The highest BCUT2D eigenvalue weighted by molar-refractivity contribution is 7.13. The van der Waals surface area contributed by atoms with Gasteiger partial charge in [-0.05, 0) is 36.3 Å². The summed E-state index contributed by atoms with van der Waals surface area (Å²) in [6.45, 7) is 10.8. The number of benzene rings is 1. The van der Waals surface area contributed by atoms with Crippen molar-refractivity contribution in [2.24, 2.45) is 11.1 Å². The van der Waals surface area contributed by atoms with Gasteiger partial charge in [-0.2, -0.15) is 0 Å². The normalized spacial score (nSPS) is 17.1. The number of aliphatic hydroxyl groups is 1. The van der Waals surface area contributed by atoms with Crippen molar-refractivity contribution in [3.05, 3.63) is 41.0 Å². The molecule has 1 aromatic carbocycles. The first-order valence-electron chi connectivity index (χ1n) is 14.0. The minimum atomic E-state index is -0.888. The fourth-order valence-corrected chi connectivity index (χ4v) is 5.54. The summed E-state index contributed by atoms with van der Waals surface area (Å²) in [7, 11) is 0. The maximum Gasteiger partial charge on any atom is 0.246 e. The van der Waals surface area contributed by atoms with Crippen molar-refractivity contribution >= 4 is 23.2 Å². The predicted octanol–water partition coefficient (Wildman–Crippen LogP) is 2.43. The number of nitrogens with zero attached hydrogens (tertiary/aromatic N) is 2. The number of aryl methyl sites for hydroxylation is 1. The van der Waals surface area contributed by atoms with Crippen molar-refractivity contribution in [3.8, 4) is 10.4 Å². The number of hydrogen-bond donors (Lipinski definition) is 4. The first-order chi connectivity index (χ1) is 19.1. The van der Waals surface area contributed by atoms with Crippen LogP contribution in [-0.4, -0.2) is 84.6 Å². The van der Waals surface area contributed by atoms with E-state index in [1.165, 1.54) is 0 Å². The fraction of sp³-hybridized carbons (Fsp3) is 0.621. The number of amides is 2. The molecular weight excluding hydrogens is 530 g/mol. The lowest BCUT2D eigenvalue weighted by Crippen LogP contribution is -2.58. The highest BCUT2D eigenvalue weighted by atomic mass is 32.1. The molecule has 5 N–H and O–H groups in total. The molecule has 1 saturated heterocycles. The van der Waals surface area contributed by atoms with Crippen molar-refractivity contribution in [1.82, 2.24) is 20.5 Å². The molecule has 0 saturated carbocycles. The van der Waals surface area contributed by atoms with Gasteiger partial charge >= 0.3 is 0 Å². The zero-order chi connectivity index (χ0) is 29.1. The van der Waals surface area contributed by atoms with Crippen LogP contribution in [0.3, 0.4) is 0 Å². The summed E-state index contributed by atoms with van der Waals surface area (Å²) in [4.78, 5) is 33.5. The van der Waals surface area contributed by atoms with Crippen LogP contribution in [0.2, 0.25) is 0 Å². The van der Waals surface area contributed by atoms with Gasteiger partial charge < -0.3 is 30.5 Å². The Morgan fingerprint density at radius 1 is 1.18 bits per heavy atom. The first kappa shape index (κ1) is 32.1. The van der Waals surface area contributed by atoms with Gasteiger partial charge in [0.15, 0.2) is 0 Å². The third kappa shape index (κ3) is 9.32. The molecule has 10 nitrogen and oxygen atoms in total. The van der Waals surface area contributed by atoms with E-state index in [2.05, 4.69) is 27.8 Å². The maximum absolute atomic E-state index is 13.7. The Bertz CT molecular complexity index is 1070. The summed E-state index contributed by atoms with van der Waals surface area (Å²) >= 11 is 1.62. The molecule has 0 aliphatic carbocycles. The molecule has 1 aliphatic rings. The third-order valence-electron chi connectivity index (χ3n) is 6.95. The van der Waals surface area contributed by atoms with Crippen LogP contribution in [0.1, 0.15) is 51.3 Å². The third-order valence-corrected chi connectivity index (χ3v) is 7.93. The number of rotatable bonds is 15. The van der Waals surface area contributed by atoms with Gasteiger partial charge in [0.25, 0.3) is 0 Å². The van der Waals surface area contributed by atoms with E-state index in [0.717, 1.165) is 28.1 Å². The summed E-state index contributed by atoms with van der Waals surface area (Å²) in [5, 5.41) is 17.1. The minimum absolute atomic E-state index is 0.145. The lowest BCUT2D eigenvalue weighted by atomic mass is 9.85. The molecule has 2 aromatic rings. The minimum Gasteiger partial charge on any atom is -0.379 e. The van der Waals surface area contributed by atoms with Gasteiger partial charge in [-0.25, -0.2) is 4.98 Å². The average molecular weight is 576 g/mol. The van der Waals surface area contributed by atoms with Crippen LogP contribution in [0, 0.1) is 12.3 Å². The highest BCUT2D eigenvalue weighted by Crippen LogP contribution is 2.28. The second-order valence-corrected chi connectivity index (χ2v) is 12.0. The summed E-state index contributed by atoms with van der Waals surface area (Å²) < 4.78 is 10.7. The van der Waals surface area contributed by atoms with Crippen LogP contribution < -0.4 is 16.4 Å². The van der Waals surface area contributed by atoms with Crippen molar-refractivity contribution in [2.45, 2.75) is 71.8 Å². The first-order valence-corrected chi connectivity index (χ1v) is 14.9. The molecule has 2 unspecified atom stereocenters. The molecular formula is C29H45N5O5S. The van der Waals surface area contributed by atoms with E-state index >= 15 is 0 Å². The molecule has 11 heteroatoms. The topological polar surface area (TPSA) is 139 Å². The van der Waals surface area contributed by atoms with E-state index in [4.69, 9.17) is 15.2 Å². The van der Waals surface area contributed by atoms with E-state index < -0.39 is 17.7 Å². The SMILES string of the molecule is Cc1ncsc1-c1ccc(CNC(O)[C@@H]2CCCN2C(=O)C(NC(=O)CCOCCOCCN)C(C)(C)C)cc1. The van der Waals surface area contributed by atoms with Crippen molar-refractivity contribution in [1.29, 1.82) is 0 Å². The van der Waals surface area contributed by atoms with Gasteiger partial charge in [-0.15, -0.1) is 11.3 Å². The Morgan fingerprint density at radius 3 is 2.50 bits per heavy atom. The summed E-state index contributed by atoms with van der Waals surface area (Å²) in [5.41, 5.74) is 9.89. The molecule has 40 heavy (non-hydrogen) atoms. The van der Waals surface area contributed by atoms with Crippen LogP contribution in [0.15, 0.2) is 29.8 Å². The van der Waals surface area contributed by atoms with E-state index in [9.17, 15) is 14.7 Å². The van der Waals surface area contributed by atoms with Gasteiger partial charge in [0.05, 0.1) is 48.6 Å². The van der Waals surface area contributed by atoms with Crippen LogP contribution in [0.25, 0.3) is 10.4 Å². The monoisotopic (exact) mass is 575 g/mol. The summed E-state index contributed by atoms with van der Waals surface area (Å²) in [6.07, 6.45) is 0.740. The number of ether oxygens (including phenoxy) is 2. The lowest BCUT2D eigenvalue weighted by Gasteiger charge is -2.37. The largest absolute Gasteiger partial charge is 0.379 e. The standard InChI is InChI=1S/C29H45N5O5S/c1-20-25(40-19-32-20)22-9-7-21(8-10-22)18-31-27(36)23-6-5-13-34(23)28(37)26(29(2,3)4)33-24(35)11-14-38-16-17-39-15-12-30/h7-10,19,23,26-27,31,36H,5-6,11-18,30H2,1-4H3,(H,33,35)/t23-,26?,27?/m0/s1. The number of nitrogens with one attached hydrogen (secondary N) is 2. The highest BCUT2D eigenvalue weighted by Gasteiger charge is 2.41. The molecule has 0 bridgehead atoms. The Labute approximate surface area is 241 Å². The van der Waals surface area contributed by atoms with Crippen molar-refractivity contribution in [2.75, 3.05) is 39.5 Å². The number of likely N-dealkylation sites (tertiary alicyclic amines) is 1. The lowest BCUT2D eigenvalue weighted by molar-refractivity contribution is -0.142. The van der Waals surface area contributed by atoms with Gasteiger partial charge in [-0.3, -0.25) is 14.9 Å². The zero-order valence-corrected chi connectivity index (χ0v) is 25.0. The molecule has 1 aliphatic heterocycles. The number of nitrogens with two attached hydrogens (primary N) is 1. The maximum atomic E-state index is 13.7. The molecule has 0 radical (unpaired) electrons. The van der Waals surface area contributed by atoms with Gasteiger partial charge in [0.2, 0.25) is 11.8 Å². The fourth-order valence-electron chi connectivity index (χ4n) is 4.72. The van der Waals surface area contributed by atoms with E-state index in [-0.39, 0.29) is 30.9 Å². The number of aliphatic hydroxyl groups excluding tert-OH is 1. The Morgan fingerprint density at radius 2 is 1.88 bits per heavy atom. The zero-order valence-electron chi connectivity index (χ0n) is 24.2. The van der Waals surface area contributed by atoms with Crippen LogP contribution in [0.4, 0.5) is 0 Å². The van der Waals surface area contributed by atoms with Gasteiger partial charge in [-0.1, -0.05) is 45.0 Å². The number of aromatic nitrogens is 1. The number of carbonyl (C=O) groups is 2. The second-order valence-electron chi connectivity index (χ2n) is 11.2. The molecule has 222 valence electrons. The van der Waals surface area contributed by atoms with Crippen LogP contribution in [-0.2, 0) is 25.6 Å². The number of hydrogen-bond acceptors (Lipinski definition) is 9. The Hall–Kier alpha value is -2.41. The van der Waals surface area contributed by atoms with E-state index in [1.54, 1.807) is 16.2 Å². The molecule has 2 amide bonds. The number of thiazole rings is 1. The molecule has 3 atom stereocenters. The van der Waals surface area contributed by atoms with Crippen molar-refractivity contribution < 1.29 is 24.2 Å². The van der Waals surface area contributed by atoms with Crippen LogP contribution >= 0.6 is 11.3 Å². The Balaban J connectivity index is 1.52. The molecule has 1 fully saturated rings. The predicted molar refractivity (Wildman–Crippen MR) is 157 cm³/mol. The average Bonchev–Trinajstić information content (AvgIpc) is 3.58. The quantitative estimate of drug-likeness (QED) is 0.188. The molecule has 0 spiro atoms.